The summed E-state index contributed by atoms with van der Waals surface area (Å²) in [4.78, 5) is 0. The molecule has 0 aliphatic carbocycles. The first-order chi connectivity index (χ1) is 5.89. The average Bonchev–Trinajstić information content (AvgIpc) is 2.60. The molecular formula is C7H8N4S. The highest BCUT2D eigenvalue weighted by Gasteiger charge is 1.75. The van der Waals surface area contributed by atoms with Gasteiger partial charge < -0.3 is 5.73 Å². The molecule has 0 unspecified atom stereocenters. The summed E-state index contributed by atoms with van der Waals surface area (Å²) in [5, 5.41) is 13.0. The lowest BCUT2D eigenvalue weighted by Gasteiger charge is -1.68. The van der Waals surface area contributed by atoms with Crippen LogP contribution in [0.2, 0.25) is 0 Å². The van der Waals surface area contributed by atoms with Gasteiger partial charge in [0.2, 0.25) is 0 Å². The van der Waals surface area contributed by atoms with Gasteiger partial charge in [-0.05, 0) is 28.8 Å². The molecule has 2 N–H and O–H groups in total. The van der Waals surface area contributed by atoms with E-state index in [0.717, 1.165) is 5.00 Å². The van der Waals surface area contributed by atoms with Gasteiger partial charge in [-0.2, -0.15) is 0 Å². The van der Waals surface area contributed by atoms with Crippen LogP contribution in [0.4, 0.5) is 5.00 Å². The molecule has 0 aliphatic rings. The molecule has 0 saturated heterocycles. The number of thiophene rings is 1. The molecule has 0 atom stereocenters. The maximum atomic E-state index is 5.30. The molecular weight excluding hydrogens is 172 g/mol. The topological polar surface area (TPSA) is 64.7 Å². The van der Waals surface area contributed by atoms with Gasteiger partial charge in [-0.3, -0.25) is 0 Å². The second kappa shape index (κ2) is 5.20. The number of nitrogens with zero attached hydrogens (tertiary/aromatic N) is 3. The van der Waals surface area contributed by atoms with Crippen LogP contribution in [0.1, 0.15) is 0 Å². The van der Waals surface area contributed by atoms with Gasteiger partial charge in [-0.25, -0.2) is 0 Å². The van der Waals surface area contributed by atoms with Gasteiger partial charge >= 0.3 is 0 Å². The van der Waals surface area contributed by atoms with Crippen molar-refractivity contribution in [2.45, 2.75) is 0 Å². The number of nitrogen functional groups attached to an aromatic ring is 1. The zero-order valence-corrected chi connectivity index (χ0v) is 7.11. The summed E-state index contributed by atoms with van der Waals surface area (Å²) in [7, 11) is 0. The standard InChI is InChI=1S/C4H5NS.C3H3N3/c5-4-2-1-3-6-4;1-2-4-6-5-3-1/h1-3H,5H2;1-3H. The van der Waals surface area contributed by atoms with Crippen molar-refractivity contribution in [3.8, 4) is 0 Å². The number of anilines is 1. The van der Waals surface area contributed by atoms with E-state index in [0.29, 0.717) is 0 Å². The third-order valence-corrected chi connectivity index (χ3v) is 1.65. The fourth-order valence-corrected chi connectivity index (χ4v) is 0.968. The smallest absolute Gasteiger partial charge is 0.0856 e. The molecule has 4 nitrogen and oxygen atoms in total. The van der Waals surface area contributed by atoms with Crippen LogP contribution in [0.25, 0.3) is 0 Å². The number of hydrogen-bond donors (Lipinski definition) is 1. The van der Waals surface area contributed by atoms with Gasteiger partial charge in [-0.15, -0.1) is 21.5 Å². The molecule has 12 heavy (non-hydrogen) atoms. The van der Waals surface area contributed by atoms with Crippen molar-refractivity contribution in [2.24, 2.45) is 0 Å². The Kier molecular flexibility index (Phi) is 3.73. The van der Waals surface area contributed by atoms with Crippen LogP contribution in [0.3, 0.4) is 0 Å². The molecule has 2 rings (SSSR count). The van der Waals surface area contributed by atoms with Crippen LogP contribution in [0, 0.1) is 0 Å². The first-order valence-corrected chi connectivity index (χ1v) is 4.15. The van der Waals surface area contributed by atoms with E-state index in [4.69, 9.17) is 5.73 Å². The predicted molar refractivity (Wildman–Crippen MR) is 48.6 cm³/mol. The summed E-state index contributed by atoms with van der Waals surface area (Å²) in [5.41, 5.74) is 5.30. The fraction of sp³-hybridized carbons (Fsp3) is 0. The lowest BCUT2D eigenvalue weighted by molar-refractivity contribution is 0.865. The molecule has 0 saturated carbocycles. The van der Waals surface area contributed by atoms with E-state index in [1.54, 1.807) is 29.8 Å². The van der Waals surface area contributed by atoms with Crippen molar-refractivity contribution in [1.82, 2.24) is 15.4 Å². The predicted octanol–water partition coefficient (Wildman–Crippen LogP) is 1.20. The van der Waals surface area contributed by atoms with Crippen LogP contribution in [-0.4, -0.2) is 15.4 Å². The van der Waals surface area contributed by atoms with Crippen molar-refractivity contribution in [1.29, 1.82) is 0 Å². The van der Waals surface area contributed by atoms with E-state index in [9.17, 15) is 0 Å². The summed E-state index contributed by atoms with van der Waals surface area (Å²) < 4.78 is 0. The van der Waals surface area contributed by atoms with E-state index in [1.165, 1.54) is 0 Å². The minimum atomic E-state index is 0.884. The van der Waals surface area contributed by atoms with E-state index >= 15 is 0 Å². The van der Waals surface area contributed by atoms with Crippen LogP contribution in [0.15, 0.2) is 36.0 Å². The van der Waals surface area contributed by atoms with E-state index < -0.39 is 0 Å². The Balaban J connectivity index is 0.000000120. The molecule has 2 aromatic rings. The summed E-state index contributed by atoms with van der Waals surface area (Å²) in [6.07, 6.45) is 3.15. The van der Waals surface area contributed by atoms with Gasteiger partial charge in [0.1, 0.15) is 0 Å². The second-order valence-corrected chi connectivity index (χ2v) is 2.81. The largest absolute Gasteiger partial charge is 0.391 e. The third kappa shape index (κ3) is 3.62. The van der Waals surface area contributed by atoms with Crippen molar-refractivity contribution in [2.75, 3.05) is 5.73 Å². The highest BCUT2D eigenvalue weighted by Crippen LogP contribution is 2.07. The van der Waals surface area contributed by atoms with Gasteiger partial charge in [0, 0.05) is 0 Å². The highest BCUT2D eigenvalue weighted by atomic mass is 32.1. The minimum Gasteiger partial charge on any atom is -0.391 e. The first-order valence-electron chi connectivity index (χ1n) is 3.27. The lowest BCUT2D eigenvalue weighted by Crippen LogP contribution is -1.78. The average molecular weight is 180 g/mol. The molecule has 0 amide bonds. The maximum Gasteiger partial charge on any atom is 0.0856 e. The van der Waals surface area contributed by atoms with Gasteiger partial charge in [0.25, 0.3) is 0 Å². The highest BCUT2D eigenvalue weighted by molar-refractivity contribution is 7.13. The molecule has 2 aromatic heterocycles. The summed E-state index contributed by atoms with van der Waals surface area (Å²) in [6, 6.07) is 5.53. The quantitative estimate of drug-likeness (QED) is 0.661. The maximum absolute atomic E-state index is 5.30. The van der Waals surface area contributed by atoms with Gasteiger partial charge in [-0.1, -0.05) is 0 Å². The van der Waals surface area contributed by atoms with Crippen LogP contribution in [0.5, 0.6) is 0 Å². The van der Waals surface area contributed by atoms with Crippen molar-refractivity contribution in [3.63, 3.8) is 0 Å². The van der Waals surface area contributed by atoms with Crippen LogP contribution in [-0.2, 0) is 0 Å². The molecule has 62 valence electrons. The molecule has 0 aliphatic heterocycles. The van der Waals surface area contributed by atoms with E-state index in [2.05, 4.69) is 15.4 Å². The molecule has 0 bridgehead atoms. The zero-order chi connectivity index (χ0) is 8.65. The van der Waals surface area contributed by atoms with Gasteiger partial charge in [0.15, 0.2) is 0 Å². The summed E-state index contributed by atoms with van der Waals surface area (Å²) in [6.45, 7) is 0. The normalized spacial score (nSPS) is 8.33. The molecule has 5 heteroatoms. The Bertz CT molecular complexity index is 255. The molecule has 0 radical (unpaired) electrons. The van der Waals surface area contributed by atoms with Crippen molar-refractivity contribution >= 4 is 16.3 Å². The number of rotatable bonds is 0. The van der Waals surface area contributed by atoms with E-state index in [-0.39, 0.29) is 0 Å². The van der Waals surface area contributed by atoms with Gasteiger partial charge in [0.05, 0.1) is 17.4 Å². The van der Waals surface area contributed by atoms with Crippen molar-refractivity contribution < 1.29 is 0 Å². The summed E-state index contributed by atoms with van der Waals surface area (Å²) in [5.74, 6) is 0. The SMILES string of the molecule is Nc1cccs1.c1cnnnc1. The zero-order valence-electron chi connectivity index (χ0n) is 6.29. The Morgan fingerprint density at radius 3 is 2.08 bits per heavy atom. The van der Waals surface area contributed by atoms with Crippen LogP contribution >= 0.6 is 11.3 Å². The summed E-state index contributed by atoms with van der Waals surface area (Å²) >= 11 is 1.56. The molecule has 0 spiro atoms. The number of nitrogens with two attached hydrogens (primary N) is 1. The fourth-order valence-electron chi connectivity index (χ4n) is 0.496. The lowest BCUT2D eigenvalue weighted by atomic mass is 10.6. The Hall–Kier alpha value is -1.49. The Labute approximate surface area is 74.1 Å². The minimum absolute atomic E-state index is 0.884. The second-order valence-electron chi connectivity index (χ2n) is 1.83. The molecule has 0 fully saturated rings. The third-order valence-electron chi connectivity index (χ3n) is 0.952. The monoisotopic (exact) mass is 180 g/mol. The van der Waals surface area contributed by atoms with Crippen LogP contribution < -0.4 is 5.73 Å². The molecule has 2 heterocycles. The van der Waals surface area contributed by atoms with Crippen molar-refractivity contribution in [3.05, 3.63) is 36.0 Å². The number of hydrogen-bond acceptors (Lipinski definition) is 5. The Morgan fingerprint density at radius 2 is 1.92 bits per heavy atom. The number of aromatic nitrogens is 3. The first kappa shape index (κ1) is 8.61. The Morgan fingerprint density at radius 1 is 1.17 bits per heavy atom. The molecule has 0 aromatic carbocycles. The van der Waals surface area contributed by atoms with E-state index in [1.807, 2.05) is 17.5 Å².